The third kappa shape index (κ3) is 7.34. The van der Waals surface area contributed by atoms with Gasteiger partial charge in [0.15, 0.2) is 16.7 Å². The second-order valence-corrected chi connectivity index (χ2v) is 12.5. The van der Waals surface area contributed by atoms with Gasteiger partial charge in [0, 0.05) is 0 Å². The van der Waals surface area contributed by atoms with Gasteiger partial charge in [-0.3, -0.25) is 9.69 Å². The first-order valence-corrected chi connectivity index (χ1v) is 16.4. The van der Waals surface area contributed by atoms with Gasteiger partial charge in [0.05, 0.1) is 34.4 Å². The number of carbonyl (C=O) groups excluding carboxylic acids is 1. The van der Waals surface area contributed by atoms with Gasteiger partial charge in [0.25, 0.3) is 5.91 Å². The van der Waals surface area contributed by atoms with Crippen molar-refractivity contribution in [2.45, 2.75) is 20.1 Å². The van der Waals surface area contributed by atoms with Crippen molar-refractivity contribution in [2.75, 3.05) is 13.7 Å². The van der Waals surface area contributed by atoms with Crippen LogP contribution in [0.4, 0.5) is 5.69 Å². The minimum absolute atomic E-state index is 0.102. The van der Waals surface area contributed by atoms with Crippen LogP contribution >= 0.6 is 34.4 Å². The molecule has 0 N–H and O–H groups in total. The topological polar surface area (TPSA) is 60.4 Å². The summed E-state index contributed by atoms with van der Waals surface area (Å²) < 4.78 is 18.6. The molecule has 1 heterocycles. The summed E-state index contributed by atoms with van der Waals surface area (Å²) in [5.41, 5.74) is 3.69. The highest BCUT2D eigenvalue weighted by molar-refractivity contribution is 14.1. The summed E-state index contributed by atoms with van der Waals surface area (Å²) >= 11 is 3.64. The van der Waals surface area contributed by atoms with Crippen molar-refractivity contribution in [2.24, 2.45) is 4.99 Å². The van der Waals surface area contributed by atoms with E-state index >= 15 is 0 Å². The SMILES string of the molecule is CCOc1cc(/C=C2\SC(=Nc3ccccc3)N(Cc3ccc(OC)cc3)C2=O)cc(I)c1OCc1ccc2ccccc2c1. The standard InChI is InChI=1S/C37H31IN2O4S/c1-3-43-33-21-27(20-32(38)35(33)44-24-26-13-16-28-9-7-8-10-29(28)19-26)22-34-36(41)40(23-25-14-17-31(42-2)18-15-25)37(45-34)39-30-11-5-4-6-12-30/h4-22H,3,23-24H2,1-2H3/b34-22-,39-37?. The van der Waals surface area contributed by atoms with Crippen molar-refractivity contribution in [3.8, 4) is 17.2 Å². The van der Waals surface area contributed by atoms with E-state index in [1.807, 2.05) is 91.9 Å². The van der Waals surface area contributed by atoms with Crippen LogP contribution in [0.3, 0.4) is 0 Å². The van der Waals surface area contributed by atoms with E-state index in [4.69, 9.17) is 19.2 Å². The summed E-state index contributed by atoms with van der Waals surface area (Å²) in [5, 5.41) is 3.00. The summed E-state index contributed by atoms with van der Waals surface area (Å²) in [6.07, 6.45) is 1.90. The Balaban J connectivity index is 1.28. The molecule has 226 valence electrons. The second-order valence-electron chi connectivity index (χ2n) is 10.3. The van der Waals surface area contributed by atoms with E-state index in [1.54, 1.807) is 12.0 Å². The largest absolute Gasteiger partial charge is 0.497 e. The molecule has 1 aliphatic rings. The maximum Gasteiger partial charge on any atom is 0.267 e. The lowest BCUT2D eigenvalue weighted by Gasteiger charge is -2.16. The van der Waals surface area contributed by atoms with Gasteiger partial charge in [-0.15, -0.1) is 0 Å². The molecule has 5 aromatic carbocycles. The summed E-state index contributed by atoms with van der Waals surface area (Å²) in [6.45, 7) is 3.24. The molecule has 0 atom stereocenters. The van der Waals surface area contributed by atoms with E-state index < -0.39 is 0 Å². The minimum Gasteiger partial charge on any atom is -0.497 e. The quantitative estimate of drug-likeness (QED) is 0.106. The molecule has 0 spiro atoms. The number of halogens is 1. The van der Waals surface area contributed by atoms with Crippen LogP contribution in [-0.2, 0) is 17.9 Å². The van der Waals surface area contributed by atoms with E-state index in [0.29, 0.717) is 41.3 Å². The number of nitrogens with zero attached hydrogens (tertiary/aromatic N) is 2. The monoisotopic (exact) mass is 726 g/mol. The van der Waals surface area contributed by atoms with Gasteiger partial charge < -0.3 is 14.2 Å². The summed E-state index contributed by atoms with van der Waals surface area (Å²) in [5.74, 6) is 1.99. The number of amides is 1. The zero-order chi connectivity index (χ0) is 31.2. The van der Waals surface area contributed by atoms with E-state index in [0.717, 1.165) is 31.7 Å². The van der Waals surface area contributed by atoms with E-state index in [2.05, 4.69) is 52.9 Å². The molecule has 45 heavy (non-hydrogen) atoms. The van der Waals surface area contributed by atoms with Crippen molar-refractivity contribution in [3.05, 3.63) is 134 Å². The van der Waals surface area contributed by atoms with Gasteiger partial charge in [0.1, 0.15) is 12.4 Å². The number of ether oxygens (including phenoxy) is 3. The summed E-state index contributed by atoms with van der Waals surface area (Å²) in [7, 11) is 1.64. The normalized spacial score (nSPS) is 14.8. The van der Waals surface area contributed by atoms with Gasteiger partial charge in [-0.1, -0.05) is 66.7 Å². The zero-order valence-electron chi connectivity index (χ0n) is 24.9. The number of hydrogen-bond acceptors (Lipinski definition) is 6. The Morgan fingerprint density at radius 2 is 1.58 bits per heavy atom. The Kier molecular flexibility index (Phi) is 9.71. The molecular formula is C37H31IN2O4S. The molecule has 6 rings (SSSR count). The smallest absolute Gasteiger partial charge is 0.267 e. The average Bonchev–Trinajstić information content (AvgIpc) is 3.34. The fourth-order valence-electron chi connectivity index (χ4n) is 4.97. The van der Waals surface area contributed by atoms with Gasteiger partial charge in [-0.25, -0.2) is 4.99 Å². The van der Waals surface area contributed by atoms with Gasteiger partial charge in [-0.2, -0.15) is 0 Å². The lowest BCUT2D eigenvalue weighted by atomic mass is 10.1. The summed E-state index contributed by atoms with van der Waals surface area (Å²) in [6, 6.07) is 36.0. The molecule has 1 amide bonds. The van der Waals surface area contributed by atoms with Crippen LogP contribution in [0.15, 0.2) is 119 Å². The summed E-state index contributed by atoms with van der Waals surface area (Å²) in [4.78, 5) is 21.0. The van der Waals surface area contributed by atoms with E-state index in [-0.39, 0.29) is 5.91 Å². The fraction of sp³-hybridized carbons (Fsp3) is 0.135. The van der Waals surface area contributed by atoms with Crippen LogP contribution < -0.4 is 14.2 Å². The third-order valence-electron chi connectivity index (χ3n) is 7.20. The average molecular weight is 727 g/mol. The fourth-order valence-corrected chi connectivity index (χ4v) is 6.75. The van der Waals surface area contributed by atoms with Crippen LogP contribution in [0, 0.1) is 3.57 Å². The number of para-hydroxylation sites is 1. The number of benzene rings is 5. The molecule has 0 unspecified atom stereocenters. The van der Waals surface area contributed by atoms with Crippen molar-refractivity contribution < 1.29 is 19.0 Å². The van der Waals surface area contributed by atoms with E-state index in [1.165, 1.54) is 22.5 Å². The van der Waals surface area contributed by atoms with Crippen molar-refractivity contribution in [1.29, 1.82) is 0 Å². The number of methoxy groups -OCH3 is 1. The highest BCUT2D eigenvalue weighted by Crippen LogP contribution is 2.39. The lowest BCUT2D eigenvalue weighted by Crippen LogP contribution is -2.28. The molecule has 0 saturated carbocycles. The first kappa shape index (κ1) is 30.7. The molecular weight excluding hydrogens is 695 g/mol. The first-order valence-electron chi connectivity index (χ1n) is 14.6. The number of thioether (sulfide) groups is 1. The maximum atomic E-state index is 13.8. The number of carbonyl (C=O) groups is 1. The Labute approximate surface area is 280 Å². The molecule has 1 aliphatic heterocycles. The molecule has 0 bridgehead atoms. The third-order valence-corrected chi connectivity index (χ3v) is 9.00. The van der Waals surface area contributed by atoms with Crippen LogP contribution in [0.1, 0.15) is 23.6 Å². The number of rotatable bonds is 10. The molecule has 1 saturated heterocycles. The van der Waals surface area contributed by atoms with Gasteiger partial charge in [0.2, 0.25) is 0 Å². The number of fused-ring (bicyclic) bond motifs is 1. The number of aliphatic imine (C=N–C) groups is 1. The minimum atomic E-state index is -0.102. The van der Waals surface area contributed by atoms with E-state index in [9.17, 15) is 4.79 Å². The Bertz CT molecular complexity index is 1890. The molecule has 1 fully saturated rings. The highest BCUT2D eigenvalue weighted by Gasteiger charge is 2.33. The number of amidine groups is 1. The lowest BCUT2D eigenvalue weighted by molar-refractivity contribution is -0.122. The van der Waals surface area contributed by atoms with Gasteiger partial charge >= 0.3 is 0 Å². The van der Waals surface area contributed by atoms with Gasteiger partial charge in [-0.05, 0) is 117 Å². The number of hydrogen-bond donors (Lipinski definition) is 0. The Hall–Kier alpha value is -4.28. The molecule has 0 radical (unpaired) electrons. The molecule has 8 heteroatoms. The Morgan fingerprint density at radius 3 is 2.33 bits per heavy atom. The van der Waals surface area contributed by atoms with Crippen molar-refractivity contribution in [1.82, 2.24) is 4.90 Å². The molecule has 5 aromatic rings. The molecule has 0 aromatic heterocycles. The predicted octanol–water partition coefficient (Wildman–Crippen LogP) is 9.23. The highest BCUT2D eigenvalue weighted by atomic mass is 127. The van der Waals surface area contributed by atoms with Crippen LogP contribution in [-0.4, -0.2) is 29.7 Å². The molecule has 6 nitrogen and oxygen atoms in total. The molecule has 0 aliphatic carbocycles. The second kappa shape index (κ2) is 14.2. The van der Waals surface area contributed by atoms with Crippen LogP contribution in [0.5, 0.6) is 17.2 Å². The van der Waals surface area contributed by atoms with Crippen LogP contribution in [0.25, 0.3) is 16.8 Å². The van der Waals surface area contributed by atoms with Crippen LogP contribution in [0.2, 0.25) is 0 Å². The Morgan fingerprint density at radius 1 is 0.844 bits per heavy atom. The van der Waals surface area contributed by atoms with Crippen molar-refractivity contribution in [3.63, 3.8) is 0 Å². The predicted molar refractivity (Wildman–Crippen MR) is 191 cm³/mol. The zero-order valence-corrected chi connectivity index (χ0v) is 27.9. The first-order chi connectivity index (χ1) is 22.0. The maximum absolute atomic E-state index is 13.8. The van der Waals surface area contributed by atoms with Crippen molar-refractivity contribution >= 4 is 68.0 Å².